The molecule has 4 heterocycles. The van der Waals surface area contributed by atoms with E-state index in [-0.39, 0.29) is 30.7 Å². The summed E-state index contributed by atoms with van der Waals surface area (Å²) in [4.78, 5) is 45.1. The van der Waals surface area contributed by atoms with Crippen molar-refractivity contribution in [1.82, 2.24) is 35.5 Å². The van der Waals surface area contributed by atoms with Gasteiger partial charge >= 0.3 is 12.1 Å². The first-order valence-electron chi connectivity index (χ1n) is 12.8. The van der Waals surface area contributed by atoms with Crippen molar-refractivity contribution in [2.24, 2.45) is 5.92 Å². The molecular weight excluding hydrogens is 497 g/mol. The van der Waals surface area contributed by atoms with Gasteiger partial charge < -0.3 is 29.9 Å². The number of urea groups is 1. The topological polar surface area (TPSA) is 147 Å². The van der Waals surface area contributed by atoms with Crippen LogP contribution in [0.25, 0.3) is 0 Å². The monoisotopic (exact) mass is 529 g/mol. The van der Waals surface area contributed by atoms with Crippen molar-refractivity contribution in [3.05, 3.63) is 24.7 Å². The number of fused-ring (bicyclic) bond motifs is 2. The molecule has 204 valence electrons. The number of hydrogen-bond donors (Lipinski definition) is 3. The lowest BCUT2D eigenvalue weighted by atomic mass is 10.0. The Balaban J connectivity index is 1.18. The van der Waals surface area contributed by atoms with Crippen molar-refractivity contribution >= 4 is 23.9 Å². The number of nitrogens with zero attached hydrogens (tertiary/aromatic N) is 6. The van der Waals surface area contributed by atoms with Gasteiger partial charge in [0.25, 0.3) is 0 Å². The summed E-state index contributed by atoms with van der Waals surface area (Å²) in [6, 6.07) is 0.763. The third kappa shape index (κ3) is 5.85. The van der Waals surface area contributed by atoms with Crippen LogP contribution in [0, 0.1) is 5.92 Å². The van der Waals surface area contributed by atoms with Crippen molar-refractivity contribution < 1.29 is 23.5 Å². The van der Waals surface area contributed by atoms with Crippen LogP contribution >= 0.6 is 0 Å². The Labute approximate surface area is 219 Å². The van der Waals surface area contributed by atoms with E-state index >= 15 is 0 Å². The molecule has 0 radical (unpaired) electrons. The average Bonchev–Trinajstić information content (AvgIpc) is 3.53. The van der Waals surface area contributed by atoms with Gasteiger partial charge in [-0.1, -0.05) is 0 Å². The van der Waals surface area contributed by atoms with E-state index in [4.69, 9.17) is 9.47 Å². The first-order valence-corrected chi connectivity index (χ1v) is 12.8. The van der Waals surface area contributed by atoms with Crippen LogP contribution < -0.4 is 30.3 Å². The third-order valence-electron chi connectivity index (χ3n) is 7.24. The molecule has 2 aromatic heterocycles. The minimum Gasteiger partial charge on any atom is -0.477 e. The van der Waals surface area contributed by atoms with Crippen LogP contribution in [0.5, 0.6) is 11.8 Å². The first kappa shape index (κ1) is 25.8. The summed E-state index contributed by atoms with van der Waals surface area (Å²) in [6.45, 7) is 3.69. The van der Waals surface area contributed by atoms with Crippen molar-refractivity contribution in [3.8, 4) is 11.8 Å². The molecule has 2 bridgehead atoms. The largest absolute Gasteiger partial charge is 0.477 e. The molecule has 3 aliphatic rings. The van der Waals surface area contributed by atoms with Gasteiger partial charge in [0, 0.05) is 51.0 Å². The van der Waals surface area contributed by atoms with Crippen LogP contribution in [0.15, 0.2) is 24.7 Å². The van der Waals surface area contributed by atoms with Crippen LogP contribution in [0.4, 0.5) is 25.7 Å². The Morgan fingerprint density at radius 2 is 2.11 bits per heavy atom. The standard InChI is InChI=1S/C24H32FN9O4/c1-3-37-21-12-28-19(11-29-21)31-23(35)33(2)18-13-34(7-5-16(18)25)22-26-6-4-20(32-22)38-24(36)30-17-9-15-8-14(17)10-27-15/h4,6,11-12,14-18,27H,3,5,7-10,13H2,1-2H3,(H,30,36)(H,28,31,35)/t14-,15-,16+,17+,18-/m0/s1. The third-order valence-corrected chi connectivity index (χ3v) is 7.24. The second-order valence-electron chi connectivity index (χ2n) is 9.70. The maximum atomic E-state index is 14.9. The predicted octanol–water partition coefficient (Wildman–Crippen LogP) is 1.58. The van der Waals surface area contributed by atoms with E-state index in [0.29, 0.717) is 36.9 Å². The highest BCUT2D eigenvalue weighted by Crippen LogP contribution is 2.31. The first-order chi connectivity index (χ1) is 18.4. The Morgan fingerprint density at radius 3 is 2.82 bits per heavy atom. The summed E-state index contributed by atoms with van der Waals surface area (Å²) in [7, 11) is 1.52. The minimum atomic E-state index is -1.24. The molecule has 3 amide bonds. The molecule has 13 nitrogen and oxygen atoms in total. The second-order valence-corrected chi connectivity index (χ2v) is 9.70. The SMILES string of the molecule is CCOc1cnc(NC(=O)N(C)[C@H]2CN(c3nccc(OC(=O)N[C@@H]4C[C@@H]5C[C@H]4CN5)n3)CC[C@H]2F)cn1. The molecule has 0 aromatic carbocycles. The lowest BCUT2D eigenvalue weighted by Gasteiger charge is -2.39. The molecule has 1 aliphatic carbocycles. The fourth-order valence-electron chi connectivity index (χ4n) is 5.23. The van der Waals surface area contributed by atoms with E-state index in [1.807, 2.05) is 6.92 Å². The molecule has 38 heavy (non-hydrogen) atoms. The van der Waals surface area contributed by atoms with Crippen molar-refractivity contribution in [1.29, 1.82) is 0 Å². The number of nitrogens with one attached hydrogen (secondary N) is 3. The minimum absolute atomic E-state index is 0.0923. The van der Waals surface area contributed by atoms with Gasteiger partial charge in [-0.3, -0.25) is 5.32 Å². The number of halogens is 1. The summed E-state index contributed by atoms with van der Waals surface area (Å²) < 4.78 is 25.6. The molecule has 2 aliphatic heterocycles. The molecule has 1 saturated carbocycles. The summed E-state index contributed by atoms with van der Waals surface area (Å²) in [6.07, 6.45) is 4.61. The van der Waals surface area contributed by atoms with Gasteiger partial charge in [0.1, 0.15) is 6.17 Å². The molecule has 2 saturated heterocycles. The molecule has 5 atom stereocenters. The van der Waals surface area contributed by atoms with E-state index in [2.05, 4.69) is 35.9 Å². The Morgan fingerprint density at radius 1 is 1.24 bits per heavy atom. The summed E-state index contributed by atoms with van der Waals surface area (Å²) >= 11 is 0. The highest BCUT2D eigenvalue weighted by Gasteiger charge is 2.40. The second kappa shape index (κ2) is 11.3. The number of hydrogen-bond acceptors (Lipinski definition) is 10. The zero-order chi connectivity index (χ0) is 26.6. The number of likely N-dealkylation sites (N-methyl/N-ethyl adjacent to an activating group) is 1. The van der Waals surface area contributed by atoms with Crippen LogP contribution in [0.2, 0.25) is 0 Å². The number of ether oxygens (including phenoxy) is 2. The van der Waals surface area contributed by atoms with E-state index in [1.165, 1.54) is 36.6 Å². The van der Waals surface area contributed by atoms with E-state index in [9.17, 15) is 14.0 Å². The number of rotatable bonds is 7. The van der Waals surface area contributed by atoms with Crippen molar-refractivity contribution in [2.75, 3.05) is 43.5 Å². The fraction of sp³-hybridized carbons (Fsp3) is 0.583. The van der Waals surface area contributed by atoms with Gasteiger partial charge in [0.2, 0.25) is 17.7 Å². The van der Waals surface area contributed by atoms with Gasteiger partial charge in [-0.15, -0.1) is 0 Å². The number of anilines is 2. The number of alkyl halides is 1. The Bertz CT molecular complexity index is 1140. The molecule has 14 heteroatoms. The number of carbonyl (C=O) groups is 2. The zero-order valence-corrected chi connectivity index (χ0v) is 21.3. The summed E-state index contributed by atoms with van der Waals surface area (Å²) in [5.41, 5.74) is 0. The molecular formula is C24H32FN9O4. The van der Waals surface area contributed by atoms with Gasteiger partial charge in [-0.25, -0.2) is 28.9 Å². The highest BCUT2D eigenvalue weighted by atomic mass is 19.1. The van der Waals surface area contributed by atoms with Crippen LogP contribution in [0.3, 0.4) is 0 Å². The molecule has 2 aromatic rings. The van der Waals surface area contributed by atoms with Crippen LogP contribution in [-0.4, -0.2) is 94.5 Å². The lowest BCUT2D eigenvalue weighted by molar-refractivity contribution is 0.133. The van der Waals surface area contributed by atoms with E-state index in [1.54, 1.807) is 4.90 Å². The molecule has 5 rings (SSSR count). The van der Waals surface area contributed by atoms with Gasteiger partial charge in [0.05, 0.1) is 25.0 Å². The molecule has 3 fully saturated rings. The maximum absolute atomic E-state index is 14.9. The Kier molecular flexibility index (Phi) is 7.67. The summed E-state index contributed by atoms with van der Waals surface area (Å²) in [5.74, 6) is 1.39. The zero-order valence-electron chi connectivity index (χ0n) is 21.3. The van der Waals surface area contributed by atoms with Crippen molar-refractivity contribution in [3.63, 3.8) is 0 Å². The van der Waals surface area contributed by atoms with Crippen molar-refractivity contribution in [2.45, 2.75) is 50.5 Å². The normalized spacial score (nSPS) is 26.1. The Hall–Kier alpha value is -3.81. The molecule has 3 N–H and O–H groups in total. The highest BCUT2D eigenvalue weighted by molar-refractivity contribution is 5.88. The van der Waals surface area contributed by atoms with Crippen LogP contribution in [-0.2, 0) is 0 Å². The quantitative estimate of drug-likeness (QED) is 0.483. The smallest absolute Gasteiger partial charge is 0.414 e. The van der Waals surface area contributed by atoms with E-state index in [0.717, 1.165) is 19.4 Å². The molecule has 0 spiro atoms. The number of aromatic nitrogens is 4. The average molecular weight is 530 g/mol. The molecule has 0 unspecified atom stereocenters. The predicted molar refractivity (Wildman–Crippen MR) is 135 cm³/mol. The number of amides is 3. The maximum Gasteiger partial charge on any atom is 0.414 e. The van der Waals surface area contributed by atoms with Gasteiger partial charge in [0.15, 0.2) is 5.82 Å². The van der Waals surface area contributed by atoms with Crippen LogP contribution in [0.1, 0.15) is 26.2 Å². The summed E-state index contributed by atoms with van der Waals surface area (Å²) in [5, 5.41) is 8.97. The lowest BCUT2D eigenvalue weighted by Crippen LogP contribution is -2.55. The van der Waals surface area contributed by atoms with Gasteiger partial charge in [-0.05, 0) is 32.1 Å². The fourth-order valence-corrected chi connectivity index (χ4v) is 5.23. The number of carbonyl (C=O) groups excluding carboxylic acids is 2. The van der Waals surface area contributed by atoms with E-state index < -0.39 is 24.3 Å². The number of piperidine rings is 2. The van der Waals surface area contributed by atoms with Gasteiger partial charge in [-0.2, -0.15) is 4.98 Å².